The van der Waals surface area contributed by atoms with Crippen LogP contribution in [0.1, 0.15) is 13.3 Å². The molecule has 0 aromatic carbocycles. The molecule has 1 nitrogen and oxygen atoms in total. The van der Waals surface area contributed by atoms with Gasteiger partial charge in [-0.05, 0) is 6.42 Å². The second kappa shape index (κ2) is 5.24. The van der Waals surface area contributed by atoms with Crippen LogP contribution in [0.15, 0.2) is 11.6 Å². The molecule has 0 aliphatic carbocycles. The molecular weight excluding hydrogens is 257 g/mol. The van der Waals surface area contributed by atoms with Crippen LogP contribution >= 0.6 is 0 Å². The van der Waals surface area contributed by atoms with Crippen molar-refractivity contribution in [3.05, 3.63) is 11.6 Å². The van der Waals surface area contributed by atoms with Gasteiger partial charge < -0.3 is 4.74 Å². The number of hydrogen-bond donors (Lipinski definition) is 0. The van der Waals surface area contributed by atoms with E-state index in [0.717, 1.165) is 14.0 Å². The first kappa shape index (κ1) is 16.2. The van der Waals surface area contributed by atoms with E-state index < -0.39 is 36.6 Å². The summed E-state index contributed by atoms with van der Waals surface area (Å²) in [5.74, 6) is -11.4. The highest BCUT2D eigenvalue weighted by Gasteiger charge is 2.73. The van der Waals surface area contributed by atoms with Gasteiger partial charge in [-0.1, -0.05) is 13.0 Å². The quantitative estimate of drug-likeness (QED) is 0.544. The van der Waals surface area contributed by atoms with Crippen LogP contribution in [0.2, 0.25) is 0 Å². The highest BCUT2D eigenvalue weighted by Crippen LogP contribution is 2.50. The number of alkyl halides is 7. The second-order valence-corrected chi connectivity index (χ2v) is 3.18. The van der Waals surface area contributed by atoms with Crippen LogP contribution in [0.4, 0.5) is 30.7 Å². The molecule has 0 amide bonds. The molecule has 0 fully saturated rings. The normalized spacial score (nSPS) is 15.2. The Morgan fingerprint density at radius 3 is 1.82 bits per heavy atom. The molecule has 0 aromatic rings. The minimum Gasteiger partial charge on any atom is -0.381 e. The molecule has 0 heterocycles. The Kier molecular flexibility index (Phi) is 5.00. The monoisotopic (exact) mass is 268 g/mol. The molecular formula is C9H11F7O. The third kappa shape index (κ3) is 3.11. The number of ether oxygens (including phenoxy) is 1. The lowest BCUT2D eigenvalue weighted by Gasteiger charge is -2.29. The van der Waals surface area contributed by atoms with E-state index in [9.17, 15) is 30.7 Å². The molecule has 0 radical (unpaired) electrons. The Labute approximate surface area is 93.2 Å². The van der Waals surface area contributed by atoms with Gasteiger partial charge in [0.2, 0.25) is 0 Å². The van der Waals surface area contributed by atoms with E-state index in [1.165, 1.54) is 0 Å². The smallest absolute Gasteiger partial charge is 0.381 e. The highest BCUT2D eigenvalue weighted by molar-refractivity contribution is 5.18. The predicted molar refractivity (Wildman–Crippen MR) is 46.2 cm³/mol. The fraction of sp³-hybridized carbons (Fsp3) is 0.778. The Bertz CT molecular complexity index is 280. The maximum absolute atomic E-state index is 13.1. The number of allylic oxidation sites excluding steroid dienone is 1. The molecule has 17 heavy (non-hydrogen) atoms. The Morgan fingerprint density at radius 2 is 1.53 bits per heavy atom. The van der Waals surface area contributed by atoms with Gasteiger partial charge in [-0.15, -0.1) is 0 Å². The summed E-state index contributed by atoms with van der Waals surface area (Å²) in [6, 6.07) is 0. The van der Waals surface area contributed by atoms with Crippen molar-refractivity contribution in [1.82, 2.24) is 0 Å². The Hall–Kier alpha value is -0.790. The molecule has 0 unspecified atom stereocenters. The van der Waals surface area contributed by atoms with Gasteiger partial charge in [0, 0.05) is 12.7 Å². The maximum Gasteiger partial charge on any atom is 0.460 e. The fourth-order valence-electron chi connectivity index (χ4n) is 1.06. The molecule has 102 valence electrons. The Balaban J connectivity index is 5.36. The van der Waals surface area contributed by atoms with Crippen molar-refractivity contribution in [2.24, 2.45) is 0 Å². The zero-order chi connectivity index (χ0) is 13.9. The summed E-state index contributed by atoms with van der Waals surface area (Å²) in [6.07, 6.45) is -6.42. The molecule has 0 spiro atoms. The predicted octanol–water partition coefficient (Wildman–Crippen LogP) is 3.80. The molecule has 0 saturated carbocycles. The molecule has 0 N–H and O–H groups in total. The van der Waals surface area contributed by atoms with Crippen LogP contribution < -0.4 is 0 Å². The van der Waals surface area contributed by atoms with Gasteiger partial charge in [-0.2, -0.15) is 30.7 Å². The molecule has 0 saturated heterocycles. The maximum atomic E-state index is 13.1. The van der Waals surface area contributed by atoms with Crippen molar-refractivity contribution in [2.45, 2.75) is 31.4 Å². The van der Waals surface area contributed by atoms with Gasteiger partial charge in [0.1, 0.15) is 0 Å². The van der Waals surface area contributed by atoms with Crippen molar-refractivity contribution in [2.75, 3.05) is 13.7 Å². The van der Waals surface area contributed by atoms with Crippen LogP contribution in [-0.2, 0) is 4.74 Å². The highest BCUT2D eigenvalue weighted by atomic mass is 19.4. The van der Waals surface area contributed by atoms with E-state index in [2.05, 4.69) is 4.74 Å². The lowest BCUT2D eigenvalue weighted by atomic mass is 9.99. The zero-order valence-corrected chi connectivity index (χ0v) is 9.05. The van der Waals surface area contributed by atoms with Crippen molar-refractivity contribution in [1.29, 1.82) is 0 Å². The summed E-state index contributed by atoms with van der Waals surface area (Å²) in [6.45, 7) is 0.592. The largest absolute Gasteiger partial charge is 0.460 e. The number of hydrogen-bond acceptors (Lipinski definition) is 1. The molecule has 0 aliphatic rings. The number of methoxy groups -OCH3 is 1. The van der Waals surface area contributed by atoms with E-state index >= 15 is 0 Å². The standard InChI is InChI=1S/C9H11F7O/c1-3-6(4-5-17-2)7(10,11)8(12,13)9(14,15)16/h4H,3,5H2,1-2H3/b6-4+. The van der Waals surface area contributed by atoms with Crippen LogP contribution in [0.5, 0.6) is 0 Å². The van der Waals surface area contributed by atoms with Gasteiger partial charge in [0.05, 0.1) is 6.61 Å². The summed E-state index contributed by atoms with van der Waals surface area (Å²) in [4.78, 5) is 0. The summed E-state index contributed by atoms with van der Waals surface area (Å²) < 4.78 is 91.3. The van der Waals surface area contributed by atoms with Crippen LogP contribution in [0.25, 0.3) is 0 Å². The third-order valence-corrected chi connectivity index (χ3v) is 2.03. The SMILES string of the molecule is CC/C(=C\COC)C(F)(F)C(F)(F)C(F)(F)F. The zero-order valence-electron chi connectivity index (χ0n) is 9.05. The van der Waals surface area contributed by atoms with Crippen LogP contribution in [0.3, 0.4) is 0 Å². The molecule has 8 heteroatoms. The van der Waals surface area contributed by atoms with E-state index in [1.807, 2.05) is 0 Å². The average Bonchev–Trinajstić information content (AvgIpc) is 2.16. The molecule has 0 rings (SSSR count). The van der Waals surface area contributed by atoms with Gasteiger partial charge in [-0.25, -0.2) is 0 Å². The van der Waals surface area contributed by atoms with E-state index in [4.69, 9.17) is 0 Å². The average molecular weight is 268 g/mol. The molecule has 0 aromatic heterocycles. The summed E-state index contributed by atoms with van der Waals surface area (Å²) in [7, 11) is 1.10. The summed E-state index contributed by atoms with van der Waals surface area (Å²) >= 11 is 0. The van der Waals surface area contributed by atoms with Crippen molar-refractivity contribution in [3.8, 4) is 0 Å². The Morgan fingerprint density at radius 1 is 1.06 bits per heavy atom. The van der Waals surface area contributed by atoms with Crippen molar-refractivity contribution in [3.63, 3.8) is 0 Å². The van der Waals surface area contributed by atoms with Gasteiger partial charge in [0.25, 0.3) is 0 Å². The van der Waals surface area contributed by atoms with Crippen LogP contribution in [0, 0.1) is 0 Å². The molecule has 0 aliphatic heterocycles. The lowest BCUT2D eigenvalue weighted by molar-refractivity contribution is -0.344. The van der Waals surface area contributed by atoms with Gasteiger partial charge >= 0.3 is 18.0 Å². The molecule has 0 bridgehead atoms. The summed E-state index contributed by atoms with van der Waals surface area (Å²) in [5, 5.41) is 0. The minimum absolute atomic E-state index is 0.466. The summed E-state index contributed by atoms with van der Waals surface area (Å²) in [5.41, 5.74) is -1.30. The molecule has 0 atom stereocenters. The lowest BCUT2D eigenvalue weighted by Crippen LogP contribution is -2.52. The number of halogens is 7. The van der Waals surface area contributed by atoms with Crippen molar-refractivity contribution >= 4 is 0 Å². The van der Waals surface area contributed by atoms with Crippen LogP contribution in [-0.4, -0.2) is 31.7 Å². The first-order valence-electron chi connectivity index (χ1n) is 4.53. The minimum atomic E-state index is -6.31. The van der Waals surface area contributed by atoms with E-state index in [1.54, 1.807) is 0 Å². The van der Waals surface area contributed by atoms with Crippen molar-refractivity contribution < 1.29 is 35.5 Å². The number of rotatable bonds is 5. The third-order valence-electron chi connectivity index (χ3n) is 2.03. The van der Waals surface area contributed by atoms with Gasteiger partial charge in [-0.3, -0.25) is 0 Å². The first-order valence-corrected chi connectivity index (χ1v) is 4.53. The van der Waals surface area contributed by atoms with E-state index in [-0.39, 0.29) is 0 Å². The van der Waals surface area contributed by atoms with E-state index in [0.29, 0.717) is 6.08 Å². The topological polar surface area (TPSA) is 9.23 Å². The van der Waals surface area contributed by atoms with Gasteiger partial charge in [0.15, 0.2) is 0 Å². The fourth-order valence-corrected chi connectivity index (χ4v) is 1.06. The first-order chi connectivity index (χ1) is 7.52. The second-order valence-electron chi connectivity index (χ2n) is 3.18.